The van der Waals surface area contributed by atoms with E-state index in [1.54, 1.807) is 18.3 Å². The molecule has 3 aromatic rings. The Balaban J connectivity index is 1.42. The molecule has 2 aromatic heterocycles. The van der Waals surface area contributed by atoms with Crippen LogP contribution < -0.4 is 5.32 Å². The SMILES string of the molecule is Cc1ccc(C)c(CNC(=O)[C@@H]2CCCN(S(=O)(=O)c3ccc(-c4ccn[nH]4)o3)C2)c1. The van der Waals surface area contributed by atoms with Gasteiger partial charge in [-0.05, 0) is 56.0 Å². The van der Waals surface area contributed by atoms with Gasteiger partial charge in [-0.2, -0.15) is 9.40 Å². The number of aromatic amines is 1. The van der Waals surface area contributed by atoms with E-state index in [0.717, 1.165) is 16.7 Å². The standard InChI is InChI=1S/C22H26N4O4S/c1-15-5-6-16(2)18(12-15)13-23-22(27)17-4-3-11-26(14-17)31(28,29)21-8-7-20(30-21)19-9-10-24-25-19/h5-10,12,17H,3-4,11,13-14H2,1-2H3,(H,23,27)(H,24,25)/t17-/m1/s1. The van der Waals surface area contributed by atoms with Crippen molar-refractivity contribution >= 4 is 15.9 Å². The Kier molecular flexibility index (Phi) is 5.97. The number of nitrogens with one attached hydrogen (secondary N) is 2. The summed E-state index contributed by atoms with van der Waals surface area (Å²) in [5.74, 6) is -0.120. The van der Waals surface area contributed by atoms with Gasteiger partial charge in [-0.1, -0.05) is 23.8 Å². The summed E-state index contributed by atoms with van der Waals surface area (Å²) in [5.41, 5.74) is 3.92. The summed E-state index contributed by atoms with van der Waals surface area (Å²) in [4.78, 5) is 12.8. The topological polar surface area (TPSA) is 108 Å². The van der Waals surface area contributed by atoms with Gasteiger partial charge in [-0.15, -0.1) is 0 Å². The molecule has 4 rings (SSSR count). The van der Waals surface area contributed by atoms with E-state index in [4.69, 9.17) is 4.42 Å². The van der Waals surface area contributed by atoms with Gasteiger partial charge in [0.15, 0.2) is 5.76 Å². The van der Waals surface area contributed by atoms with Crippen LogP contribution in [0.25, 0.3) is 11.5 Å². The molecule has 1 fully saturated rings. The molecule has 0 radical (unpaired) electrons. The minimum absolute atomic E-state index is 0.126. The number of benzene rings is 1. The third-order valence-electron chi connectivity index (χ3n) is 5.65. The van der Waals surface area contributed by atoms with Gasteiger partial charge in [0.05, 0.1) is 5.92 Å². The van der Waals surface area contributed by atoms with Gasteiger partial charge in [0, 0.05) is 25.8 Å². The summed E-state index contributed by atoms with van der Waals surface area (Å²) in [5, 5.41) is 9.44. The number of carbonyl (C=O) groups excluding carboxylic acids is 1. The van der Waals surface area contributed by atoms with Crippen molar-refractivity contribution in [3.8, 4) is 11.5 Å². The Morgan fingerprint density at radius 2 is 2.10 bits per heavy atom. The number of amides is 1. The molecular formula is C22H26N4O4S. The third-order valence-corrected chi connectivity index (χ3v) is 7.39. The number of rotatable bonds is 6. The number of carbonyl (C=O) groups is 1. The molecule has 1 aliphatic rings. The molecule has 1 aromatic carbocycles. The summed E-state index contributed by atoms with van der Waals surface area (Å²) >= 11 is 0. The first-order chi connectivity index (χ1) is 14.8. The first kappa shape index (κ1) is 21.3. The van der Waals surface area contributed by atoms with Crippen molar-refractivity contribution in [3.05, 3.63) is 59.3 Å². The molecule has 1 saturated heterocycles. The third kappa shape index (κ3) is 4.57. The molecule has 8 nitrogen and oxygen atoms in total. The zero-order valence-corrected chi connectivity index (χ0v) is 18.4. The highest BCUT2D eigenvalue weighted by molar-refractivity contribution is 7.89. The molecule has 3 heterocycles. The maximum atomic E-state index is 13.1. The van der Waals surface area contributed by atoms with Crippen LogP contribution >= 0.6 is 0 Å². The molecule has 9 heteroatoms. The van der Waals surface area contributed by atoms with Crippen LogP contribution in [-0.2, 0) is 21.4 Å². The fourth-order valence-corrected chi connectivity index (χ4v) is 5.25. The normalized spacial score (nSPS) is 17.5. The van der Waals surface area contributed by atoms with Crippen molar-refractivity contribution < 1.29 is 17.6 Å². The fraction of sp³-hybridized carbons (Fsp3) is 0.364. The van der Waals surface area contributed by atoms with Gasteiger partial charge in [-0.3, -0.25) is 9.89 Å². The molecule has 1 aliphatic heterocycles. The van der Waals surface area contributed by atoms with Gasteiger partial charge >= 0.3 is 0 Å². The lowest BCUT2D eigenvalue weighted by atomic mass is 9.98. The average molecular weight is 443 g/mol. The minimum atomic E-state index is -3.83. The maximum Gasteiger partial charge on any atom is 0.276 e. The predicted molar refractivity (Wildman–Crippen MR) is 116 cm³/mol. The molecule has 1 atom stereocenters. The molecule has 0 bridgehead atoms. The van der Waals surface area contributed by atoms with Crippen LogP contribution in [0.5, 0.6) is 0 Å². The molecular weight excluding hydrogens is 416 g/mol. The molecule has 1 amide bonds. The monoisotopic (exact) mass is 442 g/mol. The molecule has 0 spiro atoms. The van der Waals surface area contributed by atoms with Crippen LogP contribution in [0.15, 0.2) is 52.1 Å². The van der Waals surface area contributed by atoms with Crippen LogP contribution in [0.4, 0.5) is 0 Å². The summed E-state index contributed by atoms with van der Waals surface area (Å²) in [6, 6.07) is 10.9. The summed E-state index contributed by atoms with van der Waals surface area (Å²) < 4.78 is 33.1. The Bertz CT molecular complexity index is 1170. The van der Waals surface area contributed by atoms with Gasteiger partial charge in [0.2, 0.25) is 11.0 Å². The van der Waals surface area contributed by atoms with Crippen molar-refractivity contribution in [3.63, 3.8) is 0 Å². The summed E-state index contributed by atoms with van der Waals surface area (Å²) in [6.45, 7) is 4.96. The molecule has 2 N–H and O–H groups in total. The van der Waals surface area contributed by atoms with E-state index in [1.807, 2.05) is 26.0 Å². The average Bonchev–Trinajstić information content (AvgIpc) is 3.46. The lowest BCUT2D eigenvalue weighted by Crippen LogP contribution is -2.45. The molecule has 0 aliphatic carbocycles. The van der Waals surface area contributed by atoms with Crippen molar-refractivity contribution in [2.24, 2.45) is 5.92 Å². The van der Waals surface area contributed by atoms with Crippen LogP contribution in [-0.4, -0.2) is 41.9 Å². The number of furan rings is 1. The smallest absolute Gasteiger partial charge is 0.276 e. The van der Waals surface area contributed by atoms with Crippen LogP contribution in [0.2, 0.25) is 0 Å². The van der Waals surface area contributed by atoms with Gasteiger partial charge in [-0.25, -0.2) is 8.42 Å². The summed E-state index contributed by atoms with van der Waals surface area (Å²) in [6.07, 6.45) is 2.84. The summed E-state index contributed by atoms with van der Waals surface area (Å²) in [7, 11) is -3.83. The van der Waals surface area contributed by atoms with E-state index >= 15 is 0 Å². The number of hydrogen-bond donors (Lipinski definition) is 2. The highest BCUT2D eigenvalue weighted by atomic mass is 32.2. The Morgan fingerprint density at radius 1 is 1.26 bits per heavy atom. The Morgan fingerprint density at radius 3 is 2.87 bits per heavy atom. The number of aryl methyl sites for hydroxylation is 2. The molecule has 0 unspecified atom stereocenters. The number of aromatic nitrogens is 2. The zero-order chi connectivity index (χ0) is 22.0. The van der Waals surface area contributed by atoms with E-state index in [9.17, 15) is 13.2 Å². The highest BCUT2D eigenvalue weighted by Gasteiger charge is 2.35. The molecule has 164 valence electrons. The number of piperidine rings is 1. The van der Waals surface area contributed by atoms with Crippen molar-refractivity contribution in [1.29, 1.82) is 0 Å². The number of H-pyrrole nitrogens is 1. The largest absolute Gasteiger partial charge is 0.442 e. The molecule has 0 saturated carbocycles. The number of nitrogens with zero attached hydrogens (tertiary/aromatic N) is 2. The van der Waals surface area contributed by atoms with Gasteiger partial charge < -0.3 is 9.73 Å². The van der Waals surface area contributed by atoms with E-state index in [2.05, 4.69) is 21.6 Å². The van der Waals surface area contributed by atoms with E-state index in [0.29, 0.717) is 37.4 Å². The second-order valence-electron chi connectivity index (χ2n) is 7.94. The lowest BCUT2D eigenvalue weighted by Gasteiger charge is -2.30. The van der Waals surface area contributed by atoms with Crippen LogP contribution in [0, 0.1) is 19.8 Å². The zero-order valence-electron chi connectivity index (χ0n) is 17.6. The van der Waals surface area contributed by atoms with Gasteiger partial charge in [0.1, 0.15) is 5.69 Å². The number of sulfonamides is 1. The van der Waals surface area contributed by atoms with Crippen molar-refractivity contribution in [1.82, 2.24) is 19.8 Å². The molecule has 31 heavy (non-hydrogen) atoms. The Hall–Kier alpha value is -2.91. The van der Waals surface area contributed by atoms with E-state index in [1.165, 1.54) is 10.4 Å². The quantitative estimate of drug-likeness (QED) is 0.610. The first-order valence-corrected chi connectivity index (χ1v) is 11.7. The van der Waals surface area contributed by atoms with Gasteiger partial charge in [0.25, 0.3) is 10.0 Å². The second kappa shape index (κ2) is 8.68. The lowest BCUT2D eigenvalue weighted by molar-refractivity contribution is -0.126. The fourth-order valence-electron chi connectivity index (χ4n) is 3.82. The van der Waals surface area contributed by atoms with Crippen molar-refractivity contribution in [2.45, 2.75) is 38.3 Å². The second-order valence-corrected chi connectivity index (χ2v) is 9.81. The van der Waals surface area contributed by atoms with Crippen LogP contribution in [0.3, 0.4) is 0 Å². The van der Waals surface area contributed by atoms with Crippen molar-refractivity contribution in [2.75, 3.05) is 13.1 Å². The predicted octanol–water partition coefficient (Wildman–Crippen LogP) is 3.00. The highest BCUT2D eigenvalue weighted by Crippen LogP contribution is 2.28. The first-order valence-electron chi connectivity index (χ1n) is 10.3. The van der Waals surface area contributed by atoms with Crippen LogP contribution in [0.1, 0.15) is 29.5 Å². The number of hydrogen-bond acceptors (Lipinski definition) is 5. The van der Waals surface area contributed by atoms with E-state index in [-0.39, 0.29) is 17.5 Å². The van der Waals surface area contributed by atoms with E-state index < -0.39 is 15.9 Å². The Labute approximate surface area is 181 Å². The maximum absolute atomic E-state index is 13.1. The minimum Gasteiger partial charge on any atom is -0.442 e.